The summed E-state index contributed by atoms with van der Waals surface area (Å²) in [5, 5.41) is 9.62. The Balaban J connectivity index is 1.89. The van der Waals surface area contributed by atoms with E-state index in [0.717, 1.165) is 21.7 Å². The van der Waals surface area contributed by atoms with Crippen LogP contribution in [0.3, 0.4) is 0 Å². The van der Waals surface area contributed by atoms with E-state index in [4.69, 9.17) is 0 Å². The van der Waals surface area contributed by atoms with E-state index in [1.165, 1.54) is 6.33 Å². The predicted molar refractivity (Wildman–Crippen MR) is 70.2 cm³/mol. The summed E-state index contributed by atoms with van der Waals surface area (Å²) in [4.78, 5) is 21.7. The Kier molecular flexibility index (Phi) is 2.20. The van der Waals surface area contributed by atoms with E-state index in [1.807, 2.05) is 6.07 Å². The number of benzene rings is 1. The molecule has 1 aromatic heterocycles. The molecule has 0 spiro atoms. The van der Waals surface area contributed by atoms with Crippen molar-refractivity contribution in [3.05, 3.63) is 47.5 Å². The standard InChI is InChI=1S/C14H10N2O2S/c17-8-1-2-9-7(3-8)4-10(18)12-13-11(19-14(9)12)5-15-6-16-13/h1-3,5-6,12,14,17H,4H2. The van der Waals surface area contributed by atoms with Crippen LogP contribution in [-0.2, 0) is 11.2 Å². The molecule has 4 rings (SSSR count). The molecule has 0 saturated carbocycles. The molecule has 0 saturated heterocycles. The van der Waals surface area contributed by atoms with E-state index in [1.54, 1.807) is 30.1 Å². The molecule has 1 aliphatic heterocycles. The molecular formula is C14H10N2O2S. The van der Waals surface area contributed by atoms with Crippen molar-refractivity contribution < 1.29 is 9.90 Å². The summed E-state index contributed by atoms with van der Waals surface area (Å²) in [5.41, 5.74) is 2.92. The zero-order valence-corrected chi connectivity index (χ0v) is 10.7. The molecule has 2 unspecified atom stereocenters. The first kappa shape index (κ1) is 11.0. The number of thioether (sulfide) groups is 1. The van der Waals surface area contributed by atoms with Crippen molar-refractivity contribution in [2.75, 3.05) is 0 Å². The average molecular weight is 270 g/mol. The number of aromatic nitrogens is 2. The largest absolute Gasteiger partial charge is 0.508 e. The minimum absolute atomic E-state index is 0.0727. The summed E-state index contributed by atoms with van der Waals surface area (Å²) in [5.74, 6) is 0.221. The van der Waals surface area contributed by atoms with Crippen LogP contribution in [0, 0.1) is 0 Å². The fourth-order valence-corrected chi connectivity index (χ4v) is 4.35. The van der Waals surface area contributed by atoms with E-state index in [9.17, 15) is 9.90 Å². The highest BCUT2D eigenvalue weighted by Gasteiger charge is 2.44. The molecule has 0 amide bonds. The van der Waals surface area contributed by atoms with Gasteiger partial charge in [0.25, 0.3) is 0 Å². The van der Waals surface area contributed by atoms with Crippen molar-refractivity contribution in [2.45, 2.75) is 22.5 Å². The number of hydrogen-bond acceptors (Lipinski definition) is 5. The summed E-state index contributed by atoms with van der Waals surface area (Å²) in [6, 6.07) is 5.29. The number of ketones is 1. The van der Waals surface area contributed by atoms with Gasteiger partial charge in [-0.3, -0.25) is 4.79 Å². The molecule has 5 heteroatoms. The lowest BCUT2D eigenvalue weighted by Gasteiger charge is -2.26. The lowest BCUT2D eigenvalue weighted by Crippen LogP contribution is -2.24. The van der Waals surface area contributed by atoms with Crippen molar-refractivity contribution in [3.63, 3.8) is 0 Å². The zero-order chi connectivity index (χ0) is 13.0. The quantitative estimate of drug-likeness (QED) is 0.795. The smallest absolute Gasteiger partial charge is 0.147 e. The summed E-state index contributed by atoms with van der Waals surface area (Å²) >= 11 is 1.64. The lowest BCUT2D eigenvalue weighted by atomic mass is 9.81. The van der Waals surface area contributed by atoms with Gasteiger partial charge in [0.05, 0.1) is 16.9 Å². The second-order valence-electron chi connectivity index (χ2n) is 4.81. The number of phenolic OH excluding ortho intramolecular Hbond substituents is 1. The molecule has 0 bridgehead atoms. The van der Waals surface area contributed by atoms with Gasteiger partial charge in [-0.05, 0) is 23.3 Å². The summed E-state index contributed by atoms with van der Waals surface area (Å²) < 4.78 is 0. The van der Waals surface area contributed by atoms with Crippen LogP contribution >= 0.6 is 11.8 Å². The van der Waals surface area contributed by atoms with Gasteiger partial charge < -0.3 is 5.11 Å². The van der Waals surface area contributed by atoms with Crippen LogP contribution in [0.1, 0.15) is 28.0 Å². The molecule has 19 heavy (non-hydrogen) atoms. The van der Waals surface area contributed by atoms with Crippen LogP contribution in [0.15, 0.2) is 35.6 Å². The highest BCUT2D eigenvalue weighted by atomic mass is 32.2. The van der Waals surface area contributed by atoms with E-state index in [-0.39, 0.29) is 22.7 Å². The van der Waals surface area contributed by atoms with E-state index < -0.39 is 0 Å². The van der Waals surface area contributed by atoms with Crippen molar-refractivity contribution in [2.24, 2.45) is 0 Å². The van der Waals surface area contributed by atoms with Crippen molar-refractivity contribution in [1.82, 2.24) is 9.97 Å². The Bertz CT molecular complexity index is 702. The number of aromatic hydroxyl groups is 1. The molecule has 0 fully saturated rings. The third-order valence-corrected chi connectivity index (χ3v) is 5.05. The first-order chi connectivity index (χ1) is 9.24. The summed E-state index contributed by atoms with van der Waals surface area (Å²) in [7, 11) is 0. The van der Waals surface area contributed by atoms with Crippen LogP contribution in [-0.4, -0.2) is 20.9 Å². The Labute approximate surface area is 113 Å². The van der Waals surface area contributed by atoms with Gasteiger partial charge in [0.2, 0.25) is 0 Å². The fraction of sp³-hybridized carbons (Fsp3) is 0.214. The fourth-order valence-electron chi connectivity index (χ4n) is 2.88. The third-order valence-electron chi connectivity index (χ3n) is 3.70. The van der Waals surface area contributed by atoms with Gasteiger partial charge >= 0.3 is 0 Å². The predicted octanol–water partition coefficient (Wildman–Crippen LogP) is 2.24. The Morgan fingerprint density at radius 1 is 1.37 bits per heavy atom. The monoisotopic (exact) mass is 270 g/mol. The Hall–Kier alpha value is -1.88. The highest BCUT2D eigenvalue weighted by molar-refractivity contribution is 8.00. The van der Waals surface area contributed by atoms with Crippen LogP contribution in [0.5, 0.6) is 5.75 Å². The van der Waals surface area contributed by atoms with Crippen molar-refractivity contribution in [1.29, 1.82) is 0 Å². The first-order valence-electron chi connectivity index (χ1n) is 6.05. The summed E-state index contributed by atoms with van der Waals surface area (Å²) in [6.07, 6.45) is 3.65. The number of carbonyl (C=O) groups is 1. The molecular weight excluding hydrogens is 260 g/mol. The van der Waals surface area contributed by atoms with Crippen molar-refractivity contribution >= 4 is 17.5 Å². The van der Waals surface area contributed by atoms with Gasteiger partial charge in [-0.2, -0.15) is 0 Å². The van der Waals surface area contributed by atoms with Crippen molar-refractivity contribution in [3.8, 4) is 5.75 Å². The van der Waals surface area contributed by atoms with Crippen LogP contribution in [0.2, 0.25) is 0 Å². The maximum absolute atomic E-state index is 12.4. The highest BCUT2D eigenvalue weighted by Crippen LogP contribution is 2.56. The van der Waals surface area contributed by atoms with Crippen LogP contribution in [0.4, 0.5) is 0 Å². The average Bonchev–Trinajstić information content (AvgIpc) is 2.78. The van der Waals surface area contributed by atoms with Gasteiger partial charge in [-0.25, -0.2) is 9.97 Å². The number of rotatable bonds is 0. The molecule has 1 N–H and O–H groups in total. The number of fused-ring (bicyclic) bond motifs is 5. The minimum Gasteiger partial charge on any atom is -0.508 e. The number of nitrogens with zero attached hydrogens (tertiary/aromatic N) is 2. The second kappa shape index (κ2) is 3.81. The summed E-state index contributed by atoms with van der Waals surface area (Å²) in [6.45, 7) is 0. The van der Waals surface area contributed by atoms with E-state index in [2.05, 4.69) is 9.97 Å². The number of hydrogen-bond donors (Lipinski definition) is 1. The molecule has 2 aromatic rings. The maximum atomic E-state index is 12.4. The van der Waals surface area contributed by atoms with Gasteiger partial charge in [0.1, 0.15) is 17.9 Å². The van der Waals surface area contributed by atoms with Crippen LogP contribution < -0.4 is 0 Å². The maximum Gasteiger partial charge on any atom is 0.147 e. The Morgan fingerprint density at radius 2 is 2.26 bits per heavy atom. The molecule has 2 atom stereocenters. The molecule has 2 heterocycles. The van der Waals surface area contributed by atoms with Gasteiger partial charge in [0, 0.05) is 17.5 Å². The van der Waals surface area contributed by atoms with E-state index >= 15 is 0 Å². The first-order valence-corrected chi connectivity index (χ1v) is 6.93. The third kappa shape index (κ3) is 1.51. The molecule has 94 valence electrons. The molecule has 1 aromatic carbocycles. The number of phenols is 1. The molecule has 1 aliphatic carbocycles. The van der Waals surface area contributed by atoms with Gasteiger partial charge in [0.15, 0.2) is 0 Å². The lowest BCUT2D eigenvalue weighted by molar-refractivity contribution is -0.120. The van der Waals surface area contributed by atoms with Gasteiger partial charge in [-0.1, -0.05) is 6.07 Å². The zero-order valence-electron chi connectivity index (χ0n) is 9.91. The SMILES string of the molecule is O=C1Cc2cc(O)ccc2C2Sc3cncnc3C12. The topological polar surface area (TPSA) is 63.1 Å². The molecule has 4 nitrogen and oxygen atoms in total. The number of Topliss-reactive ketones (excluding diaryl/α,β-unsaturated/α-hetero) is 1. The van der Waals surface area contributed by atoms with Crippen LogP contribution in [0.25, 0.3) is 0 Å². The Morgan fingerprint density at radius 3 is 3.16 bits per heavy atom. The normalized spacial score (nSPS) is 23.7. The number of carbonyl (C=O) groups excluding carboxylic acids is 1. The second-order valence-corrected chi connectivity index (χ2v) is 6.00. The van der Waals surface area contributed by atoms with E-state index in [0.29, 0.717) is 6.42 Å². The molecule has 2 aliphatic rings. The molecule has 0 radical (unpaired) electrons. The van der Waals surface area contributed by atoms with Gasteiger partial charge in [-0.15, -0.1) is 11.8 Å². The minimum atomic E-state index is -0.167.